The Morgan fingerprint density at radius 3 is 2.54 bits per heavy atom. The molecule has 1 rings (SSSR count). The van der Waals surface area contributed by atoms with Crippen LogP contribution in [0.1, 0.15) is 12.5 Å². The summed E-state index contributed by atoms with van der Waals surface area (Å²) in [6.45, 7) is 8.52. The molecule has 0 aliphatic heterocycles. The Labute approximate surface area is 83.8 Å². The molecule has 0 heterocycles. The predicted molar refractivity (Wildman–Crippen MR) is 57.8 cm³/mol. The summed E-state index contributed by atoms with van der Waals surface area (Å²) in [6.07, 6.45) is 0. The lowest BCUT2D eigenvalue weighted by Crippen LogP contribution is -1.84. The molecule has 0 aliphatic rings. The average Bonchev–Trinajstić information content (AvgIpc) is 2.09. The second-order valence-electron chi connectivity index (χ2n) is 2.72. The van der Waals surface area contributed by atoms with Crippen LogP contribution in [0.2, 0.25) is 0 Å². The second kappa shape index (κ2) is 4.97. The normalized spacial score (nSPS) is 9.69. The van der Waals surface area contributed by atoms with Crippen LogP contribution in [-0.4, -0.2) is 6.61 Å². The summed E-state index contributed by atoms with van der Waals surface area (Å²) in [4.78, 5) is 1.17. The van der Waals surface area contributed by atoms with Gasteiger partial charge in [-0.15, -0.1) is 0 Å². The Morgan fingerprint density at radius 2 is 2.00 bits per heavy atom. The van der Waals surface area contributed by atoms with Gasteiger partial charge in [0.25, 0.3) is 0 Å². The Bertz CT molecular complexity index is 277. The fourth-order valence-electron chi connectivity index (χ4n) is 0.928. The van der Waals surface area contributed by atoms with Crippen LogP contribution in [-0.2, 0) is 4.74 Å². The molecule has 0 atom stereocenters. The minimum Gasteiger partial charge on any atom is -0.488 e. The van der Waals surface area contributed by atoms with Gasteiger partial charge in [0, 0.05) is 4.90 Å². The molecule has 0 saturated carbocycles. The minimum absolute atomic E-state index is 0.678. The van der Waals surface area contributed by atoms with Crippen LogP contribution in [0, 0.1) is 6.92 Å². The van der Waals surface area contributed by atoms with Crippen molar-refractivity contribution in [3.8, 4) is 0 Å². The summed E-state index contributed by atoms with van der Waals surface area (Å²) in [7, 11) is 0. The van der Waals surface area contributed by atoms with E-state index in [1.807, 2.05) is 6.92 Å². The summed E-state index contributed by atoms with van der Waals surface area (Å²) in [5.74, 6) is 0. The first-order valence-corrected chi connectivity index (χ1v) is 5.10. The molecule has 13 heavy (non-hydrogen) atoms. The van der Waals surface area contributed by atoms with E-state index >= 15 is 0 Å². The van der Waals surface area contributed by atoms with Gasteiger partial charge in [0.15, 0.2) is 5.09 Å². The molecule has 1 aromatic rings. The third kappa shape index (κ3) is 3.55. The summed E-state index contributed by atoms with van der Waals surface area (Å²) in [5, 5.41) is 0.756. The number of hydrogen-bond donors (Lipinski definition) is 0. The lowest BCUT2D eigenvalue weighted by atomic mass is 10.2. The molecular weight excluding hydrogens is 180 g/mol. The minimum atomic E-state index is 0.678. The molecule has 0 N–H and O–H groups in total. The van der Waals surface area contributed by atoms with Crippen molar-refractivity contribution >= 4 is 11.8 Å². The highest BCUT2D eigenvalue weighted by Crippen LogP contribution is 2.25. The van der Waals surface area contributed by atoms with Crippen molar-refractivity contribution in [3.63, 3.8) is 0 Å². The van der Waals surface area contributed by atoms with E-state index in [0.717, 1.165) is 5.09 Å². The summed E-state index contributed by atoms with van der Waals surface area (Å²) >= 11 is 1.56. The van der Waals surface area contributed by atoms with Crippen molar-refractivity contribution in [1.29, 1.82) is 0 Å². The van der Waals surface area contributed by atoms with Gasteiger partial charge in [-0.1, -0.05) is 29.5 Å². The SMILES string of the molecule is C=C(OCC)Sc1ccc(C)cc1. The van der Waals surface area contributed by atoms with Gasteiger partial charge in [-0.3, -0.25) is 0 Å². The van der Waals surface area contributed by atoms with Crippen molar-refractivity contribution in [2.75, 3.05) is 6.61 Å². The summed E-state index contributed by atoms with van der Waals surface area (Å²) in [6, 6.07) is 8.32. The first-order chi connectivity index (χ1) is 6.22. The van der Waals surface area contributed by atoms with E-state index in [0.29, 0.717) is 6.61 Å². The maximum atomic E-state index is 5.24. The van der Waals surface area contributed by atoms with E-state index in [1.165, 1.54) is 10.5 Å². The maximum Gasteiger partial charge on any atom is 0.150 e. The van der Waals surface area contributed by atoms with Crippen molar-refractivity contribution in [3.05, 3.63) is 41.5 Å². The zero-order valence-electron chi connectivity index (χ0n) is 8.04. The van der Waals surface area contributed by atoms with E-state index in [1.54, 1.807) is 11.8 Å². The molecule has 0 radical (unpaired) electrons. The van der Waals surface area contributed by atoms with E-state index in [-0.39, 0.29) is 0 Å². The first kappa shape index (κ1) is 10.2. The van der Waals surface area contributed by atoms with E-state index < -0.39 is 0 Å². The Morgan fingerprint density at radius 1 is 1.38 bits per heavy atom. The molecule has 0 spiro atoms. The third-order valence-electron chi connectivity index (χ3n) is 1.56. The highest BCUT2D eigenvalue weighted by molar-refractivity contribution is 8.02. The van der Waals surface area contributed by atoms with Crippen LogP contribution in [0.25, 0.3) is 0 Å². The topological polar surface area (TPSA) is 9.23 Å². The highest BCUT2D eigenvalue weighted by atomic mass is 32.2. The Kier molecular flexibility index (Phi) is 3.90. The van der Waals surface area contributed by atoms with Gasteiger partial charge in [-0.25, -0.2) is 0 Å². The number of rotatable bonds is 4. The molecule has 0 saturated heterocycles. The molecule has 0 amide bonds. The lowest BCUT2D eigenvalue weighted by Gasteiger charge is -2.05. The van der Waals surface area contributed by atoms with Crippen molar-refractivity contribution in [2.24, 2.45) is 0 Å². The van der Waals surface area contributed by atoms with Gasteiger partial charge in [-0.05, 0) is 32.6 Å². The standard InChI is InChI=1S/C11H14OS/c1-4-12-10(3)13-11-7-5-9(2)6-8-11/h5-8H,3-4H2,1-2H3. The first-order valence-electron chi connectivity index (χ1n) is 4.28. The average molecular weight is 194 g/mol. The molecule has 0 bridgehead atoms. The highest BCUT2D eigenvalue weighted by Gasteiger charge is 1.97. The van der Waals surface area contributed by atoms with Crippen LogP contribution in [0.3, 0.4) is 0 Å². The van der Waals surface area contributed by atoms with Gasteiger partial charge in [0.2, 0.25) is 0 Å². The molecule has 0 aromatic heterocycles. The van der Waals surface area contributed by atoms with Crippen LogP contribution < -0.4 is 0 Å². The largest absolute Gasteiger partial charge is 0.488 e. The van der Waals surface area contributed by atoms with Crippen LogP contribution in [0.15, 0.2) is 40.8 Å². The van der Waals surface area contributed by atoms with Gasteiger partial charge < -0.3 is 4.74 Å². The lowest BCUT2D eigenvalue weighted by molar-refractivity contribution is 0.259. The number of aryl methyl sites for hydroxylation is 1. The Hall–Kier alpha value is -0.890. The fourth-order valence-corrected chi connectivity index (χ4v) is 1.64. The van der Waals surface area contributed by atoms with Crippen LogP contribution >= 0.6 is 11.8 Å². The van der Waals surface area contributed by atoms with E-state index in [2.05, 4.69) is 37.8 Å². The van der Waals surface area contributed by atoms with Crippen molar-refractivity contribution in [2.45, 2.75) is 18.7 Å². The number of thioether (sulfide) groups is 1. The molecular formula is C11H14OS. The van der Waals surface area contributed by atoms with Crippen LogP contribution in [0.4, 0.5) is 0 Å². The smallest absolute Gasteiger partial charge is 0.150 e. The van der Waals surface area contributed by atoms with E-state index in [4.69, 9.17) is 4.74 Å². The molecule has 70 valence electrons. The summed E-state index contributed by atoms with van der Waals surface area (Å²) in [5.41, 5.74) is 1.27. The molecule has 1 aromatic carbocycles. The molecule has 0 fully saturated rings. The molecule has 1 nitrogen and oxygen atoms in total. The number of ether oxygens (including phenoxy) is 1. The van der Waals surface area contributed by atoms with Crippen LogP contribution in [0.5, 0.6) is 0 Å². The van der Waals surface area contributed by atoms with Gasteiger partial charge >= 0.3 is 0 Å². The monoisotopic (exact) mass is 194 g/mol. The van der Waals surface area contributed by atoms with Crippen molar-refractivity contribution < 1.29 is 4.74 Å². The number of hydrogen-bond acceptors (Lipinski definition) is 2. The molecule has 2 heteroatoms. The van der Waals surface area contributed by atoms with Gasteiger partial charge in [-0.2, -0.15) is 0 Å². The number of benzene rings is 1. The predicted octanol–water partition coefficient (Wildman–Crippen LogP) is 3.59. The summed E-state index contributed by atoms with van der Waals surface area (Å²) < 4.78 is 5.24. The van der Waals surface area contributed by atoms with Gasteiger partial charge in [0.1, 0.15) is 0 Å². The maximum absolute atomic E-state index is 5.24. The zero-order chi connectivity index (χ0) is 9.68. The second-order valence-corrected chi connectivity index (χ2v) is 3.85. The Balaban J connectivity index is 2.54. The third-order valence-corrected chi connectivity index (χ3v) is 2.41. The van der Waals surface area contributed by atoms with Crippen molar-refractivity contribution in [1.82, 2.24) is 0 Å². The van der Waals surface area contributed by atoms with E-state index in [9.17, 15) is 0 Å². The van der Waals surface area contributed by atoms with Gasteiger partial charge in [0.05, 0.1) is 6.61 Å². The fraction of sp³-hybridized carbons (Fsp3) is 0.273. The molecule has 0 unspecified atom stereocenters. The quantitative estimate of drug-likeness (QED) is 0.535. The molecule has 0 aliphatic carbocycles. The zero-order valence-corrected chi connectivity index (χ0v) is 8.86.